The van der Waals surface area contributed by atoms with E-state index in [4.69, 9.17) is 12.7 Å². The van der Waals surface area contributed by atoms with Gasteiger partial charge in [0.25, 0.3) is 0 Å². The molecule has 0 heterocycles. The molecule has 0 radical (unpaired) electrons. The van der Waals surface area contributed by atoms with Gasteiger partial charge >= 0.3 is 9.28 Å². The summed E-state index contributed by atoms with van der Waals surface area (Å²) in [5, 5.41) is 0. The molecule has 0 saturated carbocycles. The maximum atomic E-state index is 5.66. The Bertz CT molecular complexity index is 272. The van der Waals surface area contributed by atoms with E-state index in [0.717, 1.165) is 27.6 Å². The predicted octanol–water partition coefficient (Wildman–Crippen LogP) is 4.68. The van der Waals surface area contributed by atoms with Crippen LogP contribution in [0.2, 0.25) is 19.6 Å². The van der Waals surface area contributed by atoms with Crippen LogP contribution < -0.4 is 0 Å². The second-order valence-corrected chi connectivity index (χ2v) is 15.6. The van der Waals surface area contributed by atoms with Gasteiger partial charge < -0.3 is 12.7 Å². The molecule has 28 heavy (non-hydrogen) atoms. The predicted molar refractivity (Wildman–Crippen MR) is 139 cm³/mol. The third-order valence-electron chi connectivity index (χ3n) is 5.15. The van der Waals surface area contributed by atoms with Gasteiger partial charge in [0.05, 0.1) is 0 Å². The molecule has 172 valence electrons. The van der Waals surface area contributed by atoms with Crippen LogP contribution in [0.5, 0.6) is 0 Å². The van der Waals surface area contributed by atoms with E-state index in [2.05, 4.69) is 26.6 Å². The fourth-order valence-electron chi connectivity index (χ4n) is 2.97. The van der Waals surface area contributed by atoms with Gasteiger partial charge in [0.15, 0.2) is 9.04 Å². The molecule has 0 amide bonds. The molecule has 0 aliphatic rings. The van der Waals surface area contributed by atoms with Crippen molar-refractivity contribution in [1.82, 2.24) is 0 Å². The minimum Gasteiger partial charge on any atom is -0.466 e. The Hall–Kier alpha value is 0.748. The highest BCUT2D eigenvalue weighted by Crippen LogP contribution is 2.13. The molecule has 0 aromatic heterocycles. The Balaban J connectivity index is 0. The second-order valence-electron chi connectivity index (χ2n) is 8.26. The fourth-order valence-corrected chi connectivity index (χ4v) is 4.01. The summed E-state index contributed by atoms with van der Waals surface area (Å²) >= 11 is 0. The zero-order valence-electron chi connectivity index (χ0n) is 20.4. The second kappa shape index (κ2) is 27.7. The maximum Gasteiger partial charge on any atom is 0.307 e. The molecule has 0 N–H and O–H groups in total. The van der Waals surface area contributed by atoms with Crippen molar-refractivity contribution in [3.8, 4) is 0 Å². The van der Waals surface area contributed by atoms with Crippen LogP contribution in [-0.2, 0) is 12.7 Å². The van der Waals surface area contributed by atoms with E-state index in [0.29, 0.717) is 0 Å². The molecule has 0 bridgehead atoms. The smallest absolute Gasteiger partial charge is 0.307 e. The van der Waals surface area contributed by atoms with Crippen molar-refractivity contribution in [1.29, 1.82) is 0 Å². The van der Waals surface area contributed by atoms with Crippen molar-refractivity contribution in [3.63, 3.8) is 0 Å². The van der Waals surface area contributed by atoms with Crippen molar-refractivity contribution in [3.05, 3.63) is 0 Å². The Morgan fingerprint density at radius 1 is 0.536 bits per heavy atom. The lowest BCUT2D eigenvalue weighted by molar-refractivity contribution is 0.266. The van der Waals surface area contributed by atoms with Crippen LogP contribution in [0, 0.1) is 0 Å². The molecule has 0 aromatic rings. The molecule has 0 fully saturated rings. The van der Waals surface area contributed by atoms with Crippen molar-refractivity contribution < 1.29 is 12.7 Å². The molecular weight excluding hydrogens is 413 g/mol. The molecule has 0 rings (SSSR count). The lowest BCUT2D eigenvalue weighted by atomic mass is 10.0. The standard InChI is InChI=1S/C19H44O2Si2.C2H10OSi2/c1-3-4-5-6-7-8-9-10-11-12-13-14-15-16-17-18-19-20-23(2)21-22;1-5(2)3-4/h23H,3-19H2,1-2,22H3;5H,1-2,4H3. The third-order valence-corrected chi connectivity index (χ3v) is 12.3. The van der Waals surface area contributed by atoms with E-state index < -0.39 is 18.3 Å². The highest BCUT2D eigenvalue weighted by molar-refractivity contribution is 6.52. The monoisotopic (exact) mass is 466 g/mol. The third kappa shape index (κ3) is 31.4. The summed E-state index contributed by atoms with van der Waals surface area (Å²) in [4.78, 5) is 0. The first-order valence-corrected chi connectivity index (χ1v) is 18.8. The highest BCUT2D eigenvalue weighted by Gasteiger charge is 2.00. The number of unbranched alkanes of at least 4 members (excludes halogenated alkanes) is 15. The minimum atomic E-state index is -1.21. The van der Waals surface area contributed by atoms with E-state index in [1.165, 1.54) is 103 Å². The molecule has 0 aliphatic heterocycles. The van der Waals surface area contributed by atoms with Gasteiger partial charge in [0.1, 0.15) is 21.0 Å². The molecule has 0 saturated heterocycles. The first-order valence-electron chi connectivity index (χ1n) is 12.3. The van der Waals surface area contributed by atoms with E-state index in [1.54, 1.807) is 0 Å². The van der Waals surface area contributed by atoms with Crippen molar-refractivity contribution >= 4 is 39.3 Å². The van der Waals surface area contributed by atoms with Crippen LogP contribution in [0.25, 0.3) is 0 Å². The first kappa shape index (κ1) is 30.9. The largest absolute Gasteiger partial charge is 0.466 e. The van der Waals surface area contributed by atoms with E-state index in [9.17, 15) is 0 Å². The van der Waals surface area contributed by atoms with E-state index in [-0.39, 0.29) is 0 Å². The molecule has 3 nitrogen and oxygen atoms in total. The SMILES string of the molecule is CCCCCCCCCCCCCCCCCCO[SiH](C)O[SiH3].C[SiH](C)O[SiH3]. The summed E-state index contributed by atoms with van der Waals surface area (Å²) in [7, 11) is -0.0364. The Morgan fingerprint density at radius 3 is 1.14 bits per heavy atom. The topological polar surface area (TPSA) is 27.7 Å². The van der Waals surface area contributed by atoms with Gasteiger partial charge in [-0.15, -0.1) is 0 Å². The summed E-state index contributed by atoms with van der Waals surface area (Å²) in [6, 6.07) is 0. The van der Waals surface area contributed by atoms with Crippen LogP contribution in [0.3, 0.4) is 0 Å². The van der Waals surface area contributed by atoms with Crippen molar-refractivity contribution in [2.45, 2.75) is 129 Å². The summed E-state index contributed by atoms with van der Waals surface area (Å²) in [5.74, 6) is 0. The zero-order valence-corrected chi connectivity index (χ0v) is 26.7. The molecule has 1 atom stereocenters. The van der Waals surface area contributed by atoms with E-state index >= 15 is 0 Å². The first-order chi connectivity index (χ1) is 13.6. The quantitative estimate of drug-likeness (QED) is 0.193. The van der Waals surface area contributed by atoms with Gasteiger partial charge in [-0.1, -0.05) is 103 Å². The fraction of sp³-hybridized carbons (Fsp3) is 1.00. The van der Waals surface area contributed by atoms with E-state index in [1.807, 2.05) is 0 Å². The van der Waals surface area contributed by atoms with Crippen molar-refractivity contribution in [2.24, 2.45) is 0 Å². The Labute approximate surface area is 187 Å². The number of hydrogen-bond acceptors (Lipinski definition) is 3. The Morgan fingerprint density at radius 2 is 0.857 bits per heavy atom. The number of hydrogen-bond donors (Lipinski definition) is 0. The van der Waals surface area contributed by atoms with Crippen LogP contribution in [0.4, 0.5) is 0 Å². The summed E-state index contributed by atoms with van der Waals surface area (Å²) in [5.41, 5.74) is 0. The summed E-state index contributed by atoms with van der Waals surface area (Å²) in [6.45, 7) is 9.69. The van der Waals surface area contributed by atoms with Gasteiger partial charge in [-0.2, -0.15) is 0 Å². The van der Waals surface area contributed by atoms with Gasteiger partial charge in [-0.05, 0) is 26.1 Å². The lowest BCUT2D eigenvalue weighted by Crippen LogP contribution is -2.17. The molecule has 7 heteroatoms. The van der Waals surface area contributed by atoms with Gasteiger partial charge in [-0.3, -0.25) is 0 Å². The summed E-state index contributed by atoms with van der Waals surface area (Å²) < 4.78 is 16.0. The van der Waals surface area contributed by atoms with Crippen molar-refractivity contribution in [2.75, 3.05) is 6.61 Å². The Kier molecular flexibility index (Phi) is 30.7. The molecule has 0 spiro atoms. The van der Waals surface area contributed by atoms with Crippen LogP contribution in [0.15, 0.2) is 0 Å². The highest BCUT2D eigenvalue weighted by atomic mass is 28.3. The number of rotatable bonds is 20. The van der Waals surface area contributed by atoms with Gasteiger partial charge in [-0.25, -0.2) is 0 Å². The molecule has 1 unspecified atom stereocenters. The average molecular weight is 467 g/mol. The minimum absolute atomic E-state index is 0.588. The van der Waals surface area contributed by atoms with Gasteiger partial charge in [0.2, 0.25) is 0 Å². The summed E-state index contributed by atoms with van der Waals surface area (Å²) in [6.07, 6.45) is 22.8. The van der Waals surface area contributed by atoms with Crippen LogP contribution in [-0.4, -0.2) is 45.9 Å². The van der Waals surface area contributed by atoms with Gasteiger partial charge in [0, 0.05) is 6.61 Å². The molecule has 0 aromatic carbocycles. The normalized spacial score (nSPS) is 12.3. The zero-order chi connectivity index (χ0) is 21.3. The maximum absolute atomic E-state index is 5.66. The lowest BCUT2D eigenvalue weighted by Gasteiger charge is -2.09. The molecule has 0 aliphatic carbocycles. The average Bonchev–Trinajstić information content (AvgIpc) is 2.70. The van der Waals surface area contributed by atoms with Crippen LogP contribution in [0.1, 0.15) is 110 Å². The van der Waals surface area contributed by atoms with Crippen LogP contribution >= 0.6 is 0 Å². The molecular formula is C21H54O3Si4.